The van der Waals surface area contributed by atoms with Gasteiger partial charge in [0.1, 0.15) is 5.69 Å². The maximum atomic E-state index is 10.9. The second kappa shape index (κ2) is 4.19. The van der Waals surface area contributed by atoms with Crippen molar-refractivity contribution in [3.05, 3.63) is 33.9 Å². The summed E-state index contributed by atoms with van der Waals surface area (Å²) in [5.41, 5.74) is 0.983. The van der Waals surface area contributed by atoms with E-state index in [1.54, 1.807) is 12.1 Å². The van der Waals surface area contributed by atoms with Gasteiger partial charge in [-0.3, -0.25) is 10.1 Å². The Hall–Kier alpha value is -2.09. The lowest BCUT2D eigenvalue weighted by molar-refractivity contribution is -0.384. The van der Waals surface area contributed by atoms with Crippen molar-refractivity contribution in [2.45, 2.75) is 12.8 Å². The van der Waals surface area contributed by atoms with E-state index < -0.39 is 4.92 Å². The first-order chi connectivity index (χ1) is 7.72. The Morgan fingerprint density at radius 3 is 2.62 bits per heavy atom. The molecule has 5 heteroatoms. The largest absolute Gasteiger partial charge is 0.366 e. The second-order valence-corrected chi connectivity index (χ2v) is 3.77. The molecule has 82 valence electrons. The molecule has 0 unspecified atom stereocenters. The lowest BCUT2D eigenvalue weighted by Gasteiger charge is -2.17. The zero-order chi connectivity index (χ0) is 11.5. The molecule has 1 aromatic rings. The molecule has 5 nitrogen and oxygen atoms in total. The average Bonchev–Trinajstić information content (AvgIpc) is 2.81. The molecule has 16 heavy (non-hydrogen) atoms. The molecule has 1 heterocycles. The van der Waals surface area contributed by atoms with E-state index in [2.05, 4.69) is 0 Å². The molecule has 0 atom stereocenters. The zero-order valence-electron chi connectivity index (χ0n) is 8.72. The van der Waals surface area contributed by atoms with Crippen LogP contribution in [0.5, 0.6) is 0 Å². The molecule has 0 radical (unpaired) electrons. The molecule has 0 aliphatic carbocycles. The summed E-state index contributed by atoms with van der Waals surface area (Å²) < 4.78 is 0. The van der Waals surface area contributed by atoms with Gasteiger partial charge in [-0.2, -0.15) is 5.26 Å². The normalized spacial score (nSPS) is 14.8. The van der Waals surface area contributed by atoms with Crippen molar-refractivity contribution in [2.75, 3.05) is 18.0 Å². The van der Waals surface area contributed by atoms with Crippen molar-refractivity contribution in [3.8, 4) is 6.07 Å². The lowest BCUT2D eigenvalue weighted by atomic mass is 10.2. The maximum absolute atomic E-state index is 10.9. The Balaban J connectivity index is 2.44. The van der Waals surface area contributed by atoms with Gasteiger partial charge in [-0.1, -0.05) is 0 Å². The fourth-order valence-electron chi connectivity index (χ4n) is 1.96. The third-order valence-corrected chi connectivity index (χ3v) is 2.75. The molecule has 0 spiro atoms. The SMILES string of the molecule is N#Cc1ccc(N2CCCC2)c([N+](=O)[O-])c1. The summed E-state index contributed by atoms with van der Waals surface area (Å²) in [7, 11) is 0. The summed E-state index contributed by atoms with van der Waals surface area (Å²) >= 11 is 0. The minimum atomic E-state index is -0.422. The molecule has 0 saturated carbocycles. The maximum Gasteiger partial charge on any atom is 0.293 e. The third kappa shape index (κ3) is 1.82. The summed E-state index contributed by atoms with van der Waals surface area (Å²) in [6.07, 6.45) is 2.13. The van der Waals surface area contributed by atoms with Gasteiger partial charge in [0.05, 0.1) is 16.6 Å². The van der Waals surface area contributed by atoms with E-state index in [-0.39, 0.29) is 5.69 Å². The van der Waals surface area contributed by atoms with Gasteiger partial charge in [0.15, 0.2) is 0 Å². The average molecular weight is 217 g/mol. The van der Waals surface area contributed by atoms with E-state index in [4.69, 9.17) is 5.26 Å². The smallest absolute Gasteiger partial charge is 0.293 e. The van der Waals surface area contributed by atoms with Crippen LogP contribution in [-0.4, -0.2) is 18.0 Å². The van der Waals surface area contributed by atoms with Crippen LogP contribution in [0, 0.1) is 21.4 Å². The van der Waals surface area contributed by atoms with Gasteiger partial charge in [0.2, 0.25) is 0 Å². The number of hydrogen-bond acceptors (Lipinski definition) is 4. The summed E-state index contributed by atoms with van der Waals surface area (Å²) in [4.78, 5) is 12.5. The van der Waals surface area contributed by atoms with Crippen LogP contribution < -0.4 is 4.90 Å². The van der Waals surface area contributed by atoms with Crippen LogP contribution in [0.1, 0.15) is 18.4 Å². The zero-order valence-corrected chi connectivity index (χ0v) is 8.72. The minimum absolute atomic E-state index is 0.0287. The fourth-order valence-corrected chi connectivity index (χ4v) is 1.96. The Bertz CT molecular complexity index is 459. The van der Waals surface area contributed by atoms with Crippen molar-refractivity contribution in [1.82, 2.24) is 0 Å². The predicted octanol–water partition coefficient (Wildman–Crippen LogP) is 2.07. The first-order valence-electron chi connectivity index (χ1n) is 5.16. The standard InChI is InChI=1S/C11H11N3O2/c12-8-9-3-4-10(11(7-9)14(15)16)13-5-1-2-6-13/h3-4,7H,1-2,5-6H2. The van der Waals surface area contributed by atoms with E-state index in [1.807, 2.05) is 11.0 Å². The van der Waals surface area contributed by atoms with Gasteiger partial charge in [-0.05, 0) is 25.0 Å². The van der Waals surface area contributed by atoms with Crippen LogP contribution in [-0.2, 0) is 0 Å². The van der Waals surface area contributed by atoms with Gasteiger partial charge in [0.25, 0.3) is 5.69 Å². The highest BCUT2D eigenvalue weighted by atomic mass is 16.6. The number of nitro benzene ring substituents is 1. The lowest BCUT2D eigenvalue weighted by Crippen LogP contribution is -2.18. The number of nitriles is 1. The molecule has 0 aromatic heterocycles. The summed E-state index contributed by atoms with van der Waals surface area (Å²) in [5, 5.41) is 19.6. The Morgan fingerprint density at radius 2 is 2.06 bits per heavy atom. The quantitative estimate of drug-likeness (QED) is 0.561. The summed E-state index contributed by atoms with van der Waals surface area (Å²) in [6, 6.07) is 6.55. The number of anilines is 1. The van der Waals surface area contributed by atoms with Crippen molar-refractivity contribution < 1.29 is 4.92 Å². The highest BCUT2D eigenvalue weighted by molar-refractivity contribution is 5.66. The van der Waals surface area contributed by atoms with Gasteiger partial charge in [-0.25, -0.2) is 0 Å². The molecule has 1 fully saturated rings. The van der Waals surface area contributed by atoms with E-state index in [9.17, 15) is 10.1 Å². The first-order valence-corrected chi connectivity index (χ1v) is 5.16. The molecule has 1 aliphatic rings. The van der Waals surface area contributed by atoms with Crippen LogP contribution in [0.2, 0.25) is 0 Å². The molecule has 0 bridgehead atoms. The number of nitrogens with zero attached hydrogens (tertiary/aromatic N) is 3. The van der Waals surface area contributed by atoms with Crippen LogP contribution in [0.15, 0.2) is 18.2 Å². The van der Waals surface area contributed by atoms with Crippen molar-refractivity contribution in [1.29, 1.82) is 5.26 Å². The van der Waals surface area contributed by atoms with E-state index in [0.29, 0.717) is 11.3 Å². The molecular weight excluding hydrogens is 206 g/mol. The molecule has 1 aliphatic heterocycles. The Labute approximate surface area is 93.1 Å². The van der Waals surface area contributed by atoms with Crippen LogP contribution >= 0.6 is 0 Å². The molecule has 2 rings (SSSR count). The van der Waals surface area contributed by atoms with Gasteiger partial charge in [0, 0.05) is 19.2 Å². The predicted molar refractivity (Wildman–Crippen MR) is 59.3 cm³/mol. The van der Waals surface area contributed by atoms with Crippen LogP contribution in [0.3, 0.4) is 0 Å². The molecule has 1 saturated heterocycles. The van der Waals surface area contributed by atoms with Gasteiger partial charge in [-0.15, -0.1) is 0 Å². The summed E-state index contributed by atoms with van der Waals surface area (Å²) in [5.74, 6) is 0. The number of hydrogen-bond donors (Lipinski definition) is 0. The molecular formula is C11H11N3O2. The van der Waals surface area contributed by atoms with Crippen molar-refractivity contribution in [3.63, 3.8) is 0 Å². The fraction of sp³-hybridized carbons (Fsp3) is 0.364. The van der Waals surface area contributed by atoms with Crippen LogP contribution in [0.25, 0.3) is 0 Å². The first kappa shape index (κ1) is 10.4. The number of rotatable bonds is 2. The molecule has 0 N–H and O–H groups in total. The Morgan fingerprint density at radius 1 is 1.38 bits per heavy atom. The van der Waals surface area contributed by atoms with E-state index >= 15 is 0 Å². The number of benzene rings is 1. The molecule has 1 aromatic carbocycles. The highest BCUT2D eigenvalue weighted by Crippen LogP contribution is 2.31. The monoisotopic (exact) mass is 217 g/mol. The van der Waals surface area contributed by atoms with Crippen LogP contribution in [0.4, 0.5) is 11.4 Å². The van der Waals surface area contributed by atoms with E-state index in [1.165, 1.54) is 6.07 Å². The molecule has 0 amide bonds. The second-order valence-electron chi connectivity index (χ2n) is 3.77. The van der Waals surface area contributed by atoms with Crippen molar-refractivity contribution >= 4 is 11.4 Å². The van der Waals surface area contributed by atoms with Gasteiger partial charge < -0.3 is 4.90 Å². The van der Waals surface area contributed by atoms with Crippen molar-refractivity contribution in [2.24, 2.45) is 0 Å². The summed E-state index contributed by atoms with van der Waals surface area (Å²) in [6.45, 7) is 1.71. The topological polar surface area (TPSA) is 70.2 Å². The third-order valence-electron chi connectivity index (χ3n) is 2.75. The highest BCUT2D eigenvalue weighted by Gasteiger charge is 2.22. The van der Waals surface area contributed by atoms with E-state index in [0.717, 1.165) is 25.9 Å². The van der Waals surface area contributed by atoms with Gasteiger partial charge >= 0.3 is 0 Å². The number of nitro groups is 1. The Kier molecular flexibility index (Phi) is 2.73. The minimum Gasteiger partial charge on any atom is -0.366 e.